The Morgan fingerprint density at radius 3 is 2.14 bits per heavy atom. The third kappa shape index (κ3) is 2.45. The van der Waals surface area contributed by atoms with E-state index < -0.39 is 0 Å². The van der Waals surface area contributed by atoms with Gasteiger partial charge < -0.3 is 0 Å². The van der Waals surface area contributed by atoms with Crippen LogP contribution in [0, 0.1) is 22.7 Å². The van der Waals surface area contributed by atoms with Crippen molar-refractivity contribution in [2.24, 2.45) is 0 Å². The fourth-order valence-electron chi connectivity index (χ4n) is 1.64. The summed E-state index contributed by atoms with van der Waals surface area (Å²) in [6.07, 6.45) is 0. The van der Waals surface area contributed by atoms with Crippen LogP contribution in [0.1, 0.15) is 13.8 Å². The number of nitriles is 2. The summed E-state index contributed by atoms with van der Waals surface area (Å²) >= 11 is 0. The van der Waals surface area contributed by atoms with E-state index in [1.54, 1.807) is 0 Å². The van der Waals surface area contributed by atoms with Crippen molar-refractivity contribution in [2.75, 3.05) is 32.7 Å². The van der Waals surface area contributed by atoms with Gasteiger partial charge in [-0.2, -0.15) is 10.5 Å². The van der Waals surface area contributed by atoms with Gasteiger partial charge >= 0.3 is 0 Å². The van der Waals surface area contributed by atoms with Crippen LogP contribution in [0.2, 0.25) is 0 Å². The molecule has 0 bridgehead atoms. The Hall–Kier alpha value is -1.10. The molecular formula is C10H16N4. The topological polar surface area (TPSA) is 54.1 Å². The number of hydrogen-bond acceptors (Lipinski definition) is 4. The minimum absolute atomic E-state index is 0.376. The van der Waals surface area contributed by atoms with E-state index in [4.69, 9.17) is 10.5 Å². The number of nitrogens with zero attached hydrogens (tertiary/aromatic N) is 4. The summed E-state index contributed by atoms with van der Waals surface area (Å²) in [5, 5.41) is 17.5. The summed E-state index contributed by atoms with van der Waals surface area (Å²) in [6, 6.07) is 4.45. The first-order valence-corrected chi connectivity index (χ1v) is 4.86. The number of piperazine rings is 1. The van der Waals surface area contributed by atoms with Crippen molar-refractivity contribution in [3.8, 4) is 12.1 Å². The highest BCUT2D eigenvalue weighted by atomic mass is 15.3. The molecule has 1 aliphatic rings. The van der Waals surface area contributed by atoms with Crippen LogP contribution in [0.4, 0.5) is 0 Å². The van der Waals surface area contributed by atoms with Gasteiger partial charge in [0.05, 0.1) is 18.7 Å². The van der Waals surface area contributed by atoms with E-state index in [0.29, 0.717) is 6.54 Å². The fourth-order valence-corrected chi connectivity index (χ4v) is 1.64. The summed E-state index contributed by atoms with van der Waals surface area (Å²) in [5.41, 5.74) is -0.376. The van der Waals surface area contributed by atoms with E-state index in [0.717, 1.165) is 26.2 Å². The molecule has 1 aliphatic heterocycles. The molecule has 0 aromatic heterocycles. The Labute approximate surface area is 85.3 Å². The Bertz CT molecular complexity index is 263. The normalized spacial score (nSPS) is 20.0. The van der Waals surface area contributed by atoms with Gasteiger partial charge in [0.1, 0.15) is 5.54 Å². The first-order chi connectivity index (χ1) is 6.60. The maximum atomic E-state index is 8.96. The molecule has 0 amide bonds. The monoisotopic (exact) mass is 192 g/mol. The lowest BCUT2D eigenvalue weighted by atomic mass is 10.0. The molecule has 0 saturated carbocycles. The molecule has 0 spiro atoms. The van der Waals surface area contributed by atoms with Crippen LogP contribution in [0.5, 0.6) is 0 Å². The van der Waals surface area contributed by atoms with Crippen LogP contribution >= 0.6 is 0 Å². The van der Waals surface area contributed by atoms with Gasteiger partial charge in [0, 0.05) is 26.2 Å². The van der Waals surface area contributed by atoms with E-state index in [2.05, 4.69) is 21.9 Å². The van der Waals surface area contributed by atoms with Crippen LogP contribution in [0.3, 0.4) is 0 Å². The molecule has 1 saturated heterocycles. The minimum atomic E-state index is -0.376. The predicted molar refractivity (Wildman–Crippen MR) is 53.3 cm³/mol. The summed E-state index contributed by atoms with van der Waals surface area (Å²) in [5.74, 6) is 0. The first-order valence-electron chi connectivity index (χ1n) is 4.86. The quantitative estimate of drug-likeness (QED) is 0.595. The molecule has 0 aliphatic carbocycles. The zero-order chi connectivity index (χ0) is 10.6. The van der Waals surface area contributed by atoms with Crippen molar-refractivity contribution in [2.45, 2.75) is 19.4 Å². The largest absolute Gasteiger partial charge is 0.288 e. The third-order valence-electron chi connectivity index (χ3n) is 2.73. The number of rotatable bonds is 2. The highest BCUT2D eigenvalue weighted by molar-refractivity contribution is 5.03. The van der Waals surface area contributed by atoms with E-state index in [1.807, 2.05) is 13.8 Å². The molecule has 76 valence electrons. The van der Waals surface area contributed by atoms with E-state index in [9.17, 15) is 0 Å². The predicted octanol–water partition coefficient (Wildman–Crippen LogP) is 0.430. The van der Waals surface area contributed by atoms with Crippen molar-refractivity contribution in [1.29, 1.82) is 10.5 Å². The Kier molecular flexibility index (Phi) is 3.46. The lowest BCUT2D eigenvalue weighted by Gasteiger charge is -2.39. The fraction of sp³-hybridized carbons (Fsp3) is 0.800. The minimum Gasteiger partial charge on any atom is -0.288 e. The first kappa shape index (κ1) is 11.0. The molecule has 0 aromatic rings. The molecule has 4 nitrogen and oxygen atoms in total. The molecule has 1 rings (SSSR count). The van der Waals surface area contributed by atoms with Gasteiger partial charge in [0.25, 0.3) is 0 Å². The van der Waals surface area contributed by atoms with Crippen LogP contribution < -0.4 is 0 Å². The molecule has 0 unspecified atom stereocenters. The highest BCUT2D eigenvalue weighted by Crippen LogP contribution is 2.15. The van der Waals surface area contributed by atoms with Crippen molar-refractivity contribution in [3.63, 3.8) is 0 Å². The summed E-state index contributed by atoms with van der Waals surface area (Å²) < 4.78 is 0. The smallest absolute Gasteiger partial charge is 0.103 e. The van der Waals surface area contributed by atoms with Crippen molar-refractivity contribution >= 4 is 0 Å². The maximum Gasteiger partial charge on any atom is 0.103 e. The van der Waals surface area contributed by atoms with Gasteiger partial charge in [0.15, 0.2) is 0 Å². The molecule has 0 atom stereocenters. The van der Waals surface area contributed by atoms with E-state index in [-0.39, 0.29) is 5.54 Å². The second kappa shape index (κ2) is 4.41. The Morgan fingerprint density at radius 1 is 1.14 bits per heavy atom. The van der Waals surface area contributed by atoms with Crippen molar-refractivity contribution in [3.05, 3.63) is 0 Å². The molecule has 14 heavy (non-hydrogen) atoms. The van der Waals surface area contributed by atoms with Gasteiger partial charge in [0.2, 0.25) is 0 Å². The standard InChI is InChI=1S/C10H16N4/c1-10(2,9-12)14-7-5-13(4-3-11)6-8-14/h4-8H2,1-2H3. The lowest BCUT2D eigenvalue weighted by Crippen LogP contribution is -2.54. The number of hydrogen-bond donors (Lipinski definition) is 0. The summed E-state index contributed by atoms with van der Waals surface area (Å²) in [7, 11) is 0. The highest BCUT2D eigenvalue weighted by Gasteiger charge is 2.29. The molecule has 1 heterocycles. The average Bonchev–Trinajstić information content (AvgIpc) is 2.19. The van der Waals surface area contributed by atoms with E-state index in [1.165, 1.54) is 0 Å². The van der Waals surface area contributed by atoms with Gasteiger partial charge in [-0.25, -0.2) is 0 Å². The molecule has 0 aromatic carbocycles. The zero-order valence-corrected chi connectivity index (χ0v) is 8.82. The van der Waals surface area contributed by atoms with E-state index >= 15 is 0 Å². The second-order valence-electron chi connectivity index (χ2n) is 4.09. The molecule has 0 N–H and O–H groups in total. The summed E-state index contributed by atoms with van der Waals surface area (Å²) in [4.78, 5) is 4.28. The zero-order valence-electron chi connectivity index (χ0n) is 8.82. The van der Waals surface area contributed by atoms with Crippen molar-refractivity contribution in [1.82, 2.24) is 9.80 Å². The van der Waals surface area contributed by atoms with Crippen LogP contribution in [0.25, 0.3) is 0 Å². The van der Waals surface area contributed by atoms with Crippen LogP contribution in [-0.2, 0) is 0 Å². The molecule has 1 fully saturated rings. The molecular weight excluding hydrogens is 176 g/mol. The van der Waals surface area contributed by atoms with Crippen LogP contribution in [0.15, 0.2) is 0 Å². The lowest BCUT2D eigenvalue weighted by molar-refractivity contribution is 0.0870. The average molecular weight is 192 g/mol. The van der Waals surface area contributed by atoms with Gasteiger partial charge in [-0.1, -0.05) is 0 Å². The third-order valence-corrected chi connectivity index (χ3v) is 2.73. The summed E-state index contributed by atoms with van der Waals surface area (Å²) in [6.45, 7) is 7.91. The molecule has 0 radical (unpaired) electrons. The molecule has 4 heteroatoms. The second-order valence-corrected chi connectivity index (χ2v) is 4.09. The Balaban J connectivity index is 2.45. The van der Waals surface area contributed by atoms with Crippen LogP contribution in [-0.4, -0.2) is 48.1 Å². The Morgan fingerprint density at radius 2 is 1.71 bits per heavy atom. The van der Waals surface area contributed by atoms with Gasteiger partial charge in [-0.15, -0.1) is 0 Å². The van der Waals surface area contributed by atoms with Gasteiger partial charge in [-0.05, 0) is 13.8 Å². The van der Waals surface area contributed by atoms with Gasteiger partial charge in [-0.3, -0.25) is 9.80 Å². The SMILES string of the molecule is CC(C)(C#N)N1CCN(CC#N)CC1. The maximum absolute atomic E-state index is 8.96. The van der Waals surface area contributed by atoms with Crippen molar-refractivity contribution < 1.29 is 0 Å².